The zero-order valence-electron chi connectivity index (χ0n) is 17.2. The van der Waals surface area contributed by atoms with Crippen molar-refractivity contribution >= 4 is 31.7 Å². The van der Waals surface area contributed by atoms with E-state index in [1.165, 1.54) is 33.0 Å². The Morgan fingerprint density at radius 2 is 1.77 bits per heavy atom. The number of aliphatic hydroxyl groups is 1. The molecule has 0 saturated heterocycles. The van der Waals surface area contributed by atoms with E-state index < -0.39 is 32.8 Å². The van der Waals surface area contributed by atoms with E-state index in [9.17, 15) is 18.1 Å². The summed E-state index contributed by atoms with van der Waals surface area (Å²) in [5.74, 6) is -1.19. The summed E-state index contributed by atoms with van der Waals surface area (Å²) >= 11 is 3.38. The molecule has 0 spiro atoms. The zero-order chi connectivity index (χ0) is 22.8. The van der Waals surface area contributed by atoms with Gasteiger partial charge in [-0.25, -0.2) is 0 Å². The molecule has 0 aromatic heterocycles. The maximum absolute atomic E-state index is 12.4. The summed E-state index contributed by atoms with van der Waals surface area (Å²) < 4.78 is 58.7. The van der Waals surface area contributed by atoms with Crippen LogP contribution in [0.2, 0.25) is 0 Å². The number of methoxy groups -OCH3 is 2. The van der Waals surface area contributed by atoms with Crippen LogP contribution < -0.4 is 14.4 Å². The lowest BCUT2D eigenvalue weighted by atomic mass is 9.75. The van der Waals surface area contributed by atoms with Gasteiger partial charge in [-0.2, -0.15) is 8.42 Å². The topological polar surface area (TPSA) is 115 Å². The van der Waals surface area contributed by atoms with Gasteiger partial charge in [0.05, 0.1) is 5.69 Å². The number of fused-ring (bicyclic) bond motifs is 2. The molecule has 2 heterocycles. The van der Waals surface area contributed by atoms with Crippen LogP contribution in [-0.2, 0) is 25.3 Å². The van der Waals surface area contributed by atoms with Crippen LogP contribution in [0.3, 0.4) is 0 Å². The summed E-state index contributed by atoms with van der Waals surface area (Å²) in [5.41, 5.74) is -5.25. The lowest BCUT2D eigenvalue weighted by Gasteiger charge is -2.58. The summed E-state index contributed by atoms with van der Waals surface area (Å²) in [6.45, 7) is 2.92. The molecular weight excluding hydrogens is 494 g/mol. The van der Waals surface area contributed by atoms with Crippen molar-refractivity contribution in [3.8, 4) is 11.5 Å². The summed E-state index contributed by atoms with van der Waals surface area (Å²) in [5, 5.41) is 11.9. The summed E-state index contributed by atoms with van der Waals surface area (Å²) in [4.78, 5) is 1.20. The molecule has 2 aliphatic rings. The molecule has 0 radical (unpaired) electrons. The molecule has 2 aromatic rings. The highest BCUT2D eigenvalue weighted by molar-refractivity contribution is 9.10. The quantitative estimate of drug-likeness (QED) is 0.592. The maximum atomic E-state index is 12.4. The Morgan fingerprint density at radius 1 is 1.10 bits per heavy atom. The number of ether oxygens (including phenoxy) is 4. The number of rotatable bonds is 4. The van der Waals surface area contributed by atoms with Crippen LogP contribution in [0.4, 0.5) is 5.69 Å². The predicted molar refractivity (Wildman–Crippen MR) is 114 cm³/mol. The van der Waals surface area contributed by atoms with E-state index in [0.717, 1.165) is 0 Å². The molecule has 0 bridgehead atoms. The number of hydrogen-bond donors (Lipinski definition) is 2. The van der Waals surface area contributed by atoms with Gasteiger partial charge in [-0.05, 0) is 31.2 Å². The summed E-state index contributed by atoms with van der Waals surface area (Å²) in [7, 11) is -2.13. The highest BCUT2D eigenvalue weighted by Crippen LogP contribution is 2.58. The molecule has 0 aliphatic carbocycles. The van der Waals surface area contributed by atoms with Gasteiger partial charge in [0.25, 0.3) is 0 Å². The average Bonchev–Trinajstić information content (AvgIpc) is 3.08. The second-order valence-corrected chi connectivity index (χ2v) is 9.94. The Kier molecular flexibility index (Phi) is 5.08. The average molecular weight is 516 g/mol. The van der Waals surface area contributed by atoms with Crippen LogP contribution in [0.1, 0.15) is 19.4 Å². The van der Waals surface area contributed by atoms with Gasteiger partial charge in [-0.3, -0.25) is 9.45 Å². The highest BCUT2D eigenvalue weighted by Gasteiger charge is 2.71. The first-order valence-electron chi connectivity index (χ1n) is 9.26. The summed E-state index contributed by atoms with van der Waals surface area (Å²) in [6.07, 6.45) is 0. The van der Waals surface area contributed by atoms with Crippen LogP contribution in [-0.4, -0.2) is 49.2 Å². The Morgan fingerprint density at radius 3 is 2.39 bits per heavy atom. The Labute approximate surface area is 188 Å². The number of hydrogen-bond acceptors (Lipinski definition) is 8. The second-order valence-electron chi connectivity index (χ2n) is 7.59. The third-order valence-electron chi connectivity index (χ3n) is 6.00. The molecule has 2 N–H and O–H groups in total. The van der Waals surface area contributed by atoms with E-state index in [4.69, 9.17) is 18.9 Å². The van der Waals surface area contributed by atoms with Crippen molar-refractivity contribution in [3.05, 3.63) is 52.5 Å². The number of para-hydroxylation sites is 1. The largest absolute Gasteiger partial charge is 0.459 e. The zero-order valence-corrected chi connectivity index (χ0v) is 19.6. The Bertz CT molecular complexity index is 1140. The van der Waals surface area contributed by atoms with E-state index in [1.54, 1.807) is 42.5 Å². The van der Waals surface area contributed by atoms with E-state index in [1.807, 2.05) is 0 Å². The van der Waals surface area contributed by atoms with Crippen molar-refractivity contribution in [2.75, 3.05) is 19.1 Å². The third-order valence-corrected chi connectivity index (χ3v) is 7.31. The second kappa shape index (κ2) is 7.06. The lowest BCUT2D eigenvalue weighted by molar-refractivity contribution is -0.332. The Hall–Kier alpha value is -1.89. The van der Waals surface area contributed by atoms with Crippen molar-refractivity contribution < 1.29 is 37.0 Å². The van der Waals surface area contributed by atoms with Crippen molar-refractivity contribution in [2.45, 2.75) is 36.5 Å². The first kappa shape index (κ1) is 22.3. The van der Waals surface area contributed by atoms with Gasteiger partial charge in [-0.1, -0.05) is 34.1 Å². The summed E-state index contributed by atoms with van der Waals surface area (Å²) in [6, 6.07) is 11.5. The van der Waals surface area contributed by atoms with Crippen molar-refractivity contribution in [1.82, 2.24) is 0 Å². The molecule has 31 heavy (non-hydrogen) atoms. The molecule has 0 amide bonds. The molecular formula is C20H22BrNO8S. The predicted octanol–water partition coefficient (Wildman–Crippen LogP) is 2.82. The fourth-order valence-electron chi connectivity index (χ4n) is 4.29. The van der Waals surface area contributed by atoms with Crippen LogP contribution >= 0.6 is 15.9 Å². The normalized spacial score (nSPS) is 32.1. The van der Waals surface area contributed by atoms with Gasteiger partial charge in [0.15, 0.2) is 5.60 Å². The van der Waals surface area contributed by atoms with Gasteiger partial charge >= 0.3 is 15.7 Å². The lowest BCUT2D eigenvalue weighted by Crippen LogP contribution is -2.76. The minimum atomic E-state index is -4.81. The molecule has 0 saturated carbocycles. The fraction of sp³-hybridized carbons (Fsp3) is 0.400. The number of benzene rings is 2. The molecule has 2 aromatic carbocycles. The van der Waals surface area contributed by atoms with Crippen LogP contribution in [0.15, 0.2) is 46.9 Å². The van der Waals surface area contributed by atoms with Crippen molar-refractivity contribution in [1.29, 1.82) is 0 Å². The SMILES string of the molecule is COC1(C)Oc2ccccc2C(OC)(N2c3cc(Br)ccc3OC2S(=O)(=O)O)C1(C)O. The molecule has 168 valence electrons. The third kappa shape index (κ3) is 2.91. The molecule has 9 nitrogen and oxygen atoms in total. The van der Waals surface area contributed by atoms with E-state index >= 15 is 0 Å². The molecule has 4 rings (SSSR count). The smallest absolute Gasteiger partial charge is 0.324 e. The monoisotopic (exact) mass is 515 g/mol. The fourth-order valence-corrected chi connectivity index (χ4v) is 5.39. The van der Waals surface area contributed by atoms with Crippen molar-refractivity contribution in [2.24, 2.45) is 0 Å². The Balaban J connectivity index is 2.12. The number of halogens is 1. The van der Waals surface area contributed by atoms with Gasteiger partial charge in [0.2, 0.25) is 11.5 Å². The first-order chi connectivity index (χ1) is 14.4. The van der Waals surface area contributed by atoms with E-state index in [-0.39, 0.29) is 11.4 Å². The van der Waals surface area contributed by atoms with E-state index in [2.05, 4.69) is 15.9 Å². The van der Waals surface area contributed by atoms with Gasteiger partial charge in [0, 0.05) is 31.2 Å². The van der Waals surface area contributed by atoms with Gasteiger partial charge in [0.1, 0.15) is 11.5 Å². The minimum Gasteiger partial charge on any atom is -0.459 e. The molecule has 4 unspecified atom stereocenters. The maximum Gasteiger partial charge on any atom is 0.324 e. The molecule has 11 heteroatoms. The van der Waals surface area contributed by atoms with Crippen LogP contribution in [0.25, 0.3) is 0 Å². The van der Waals surface area contributed by atoms with Crippen molar-refractivity contribution in [3.63, 3.8) is 0 Å². The van der Waals surface area contributed by atoms with Gasteiger partial charge < -0.3 is 24.1 Å². The van der Waals surface area contributed by atoms with Gasteiger partial charge in [-0.15, -0.1) is 0 Å². The van der Waals surface area contributed by atoms with E-state index in [0.29, 0.717) is 15.8 Å². The van der Waals surface area contributed by atoms with Crippen LogP contribution in [0.5, 0.6) is 11.5 Å². The molecule has 2 aliphatic heterocycles. The first-order valence-corrected chi connectivity index (χ1v) is 11.6. The molecule has 0 fully saturated rings. The minimum absolute atomic E-state index is 0.182. The molecule has 4 atom stereocenters. The van der Waals surface area contributed by atoms with Crippen LogP contribution in [0, 0.1) is 0 Å². The number of anilines is 1. The highest BCUT2D eigenvalue weighted by atomic mass is 79.9. The standard InChI is InChI=1S/C20H22BrNO8S/c1-18(23)19(2,27-3)30-15-8-6-5-7-13(15)20(18,28-4)22-14-11-12(21)9-10-16(14)29-17(22)31(24,25)26/h5-11,17,23H,1-4H3,(H,24,25,26). The number of nitrogens with zero attached hydrogens (tertiary/aromatic N) is 1.